The minimum Gasteiger partial charge on any atom is -0.484 e. The summed E-state index contributed by atoms with van der Waals surface area (Å²) in [6, 6.07) is 6.20. The summed E-state index contributed by atoms with van der Waals surface area (Å²) in [4.78, 5) is 0. The van der Waals surface area contributed by atoms with Crippen LogP contribution in [0.3, 0.4) is 0 Å². The Labute approximate surface area is 95.6 Å². The van der Waals surface area contributed by atoms with Gasteiger partial charge in [0, 0.05) is 6.42 Å². The third-order valence-electron chi connectivity index (χ3n) is 3.03. The third kappa shape index (κ3) is 1.51. The molecule has 84 valence electrons. The Morgan fingerprint density at radius 1 is 1.31 bits per heavy atom. The van der Waals surface area contributed by atoms with E-state index in [1.54, 1.807) is 0 Å². The van der Waals surface area contributed by atoms with Crippen LogP contribution in [-0.2, 0) is 0 Å². The van der Waals surface area contributed by atoms with E-state index in [0.29, 0.717) is 13.0 Å². The summed E-state index contributed by atoms with van der Waals surface area (Å²) in [5.41, 5.74) is 1.22. The molecule has 0 saturated heterocycles. The van der Waals surface area contributed by atoms with Crippen molar-refractivity contribution < 1.29 is 9.47 Å². The lowest BCUT2D eigenvalue weighted by atomic mass is 10.0. The number of ether oxygens (including phenoxy) is 2. The van der Waals surface area contributed by atoms with Gasteiger partial charge in [0.25, 0.3) is 0 Å². The van der Waals surface area contributed by atoms with Gasteiger partial charge in [-0.25, -0.2) is 0 Å². The van der Waals surface area contributed by atoms with Crippen molar-refractivity contribution in [3.05, 3.63) is 23.3 Å². The maximum absolute atomic E-state index is 9.17. The fourth-order valence-corrected chi connectivity index (χ4v) is 1.79. The molecule has 1 aromatic carbocycles. The van der Waals surface area contributed by atoms with Crippen LogP contribution in [0.4, 0.5) is 0 Å². The van der Waals surface area contributed by atoms with Gasteiger partial charge >= 0.3 is 0 Å². The zero-order valence-corrected chi connectivity index (χ0v) is 9.83. The van der Waals surface area contributed by atoms with E-state index < -0.39 is 5.60 Å². The van der Waals surface area contributed by atoms with Gasteiger partial charge < -0.3 is 9.47 Å². The summed E-state index contributed by atoms with van der Waals surface area (Å²) < 4.78 is 11.5. The summed E-state index contributed by atoms with van der Waals surface area (Å²) in [7, 11) is 0. The Balaban J connectivity index is 2.48. The van der Waals surface area contributed by atoms with Crippen LogP contribution in [0.15, 0.2) is 12.1 Å². The molecule has 0 spiro atoms. The molecule has 0 N–H and O–H groups in total. The number of hydrogen-bond acceptors (Lipinski definition) is 3. The fraction of sp³-hybridized carbons (Fsp3) is 0.462. The molecule has 0 bridgehead atoms. The molecule has 1 atom stereocenters. The molecule has 1 unspecified atom stereocenters. The quantitative estimate of drug-likeness (QED) is 0.726. The van der Waals surface area contributed by atoms with Gasteiger partial charge in [0.1, 0.15) is 12.7 Å². The van der Waals surface area contributed by atoms with E-state index in [4.69, 9.17) is 9.47 Å². The predicted octanol–water partition coefficient (Wildman–Crippen LogP) is 2.75. The average Bonchev–Trinajstić information content (AvgIpc) is 2.33. The van der Waals surface area contributed by atoms with Gasteiger partial charge in [-0.3, -0.25) is 0 Å². The highest BCUT2D eigenvalue weighted by atomic mass is 16.6. The molecule has 3 nitrogen and oxygen atoms in total. The number of aryl methyl sites for hydroxylation is 2. The monoisotopic (exact) mass is 217 g/mol. The van der Waals surface area contributed by atoms with Crippen LogP contribution in [0.25, 0.3) is 0 Å². The molecule has 1 aliphatic heterocycles. The van der Waals surface area contributed by atoms with Crippen molar-refractivity contribution in [3.8, 4) is 17.6 Å². The fourth-order valence-electron chi connectivity index (χ4n) is 1.79. The highest BCUT2D eigenvalue weighted by Gasteiger charge is 2.37. The molecule has 0 aromatic heterocycles. The molecule has 1 heterocycles. The Morgan fingerprint density at radius 3 is 2.50 bits per heavy atom. The van der Waals surface area contributed by atoms with Crippen molar-refractivity contribution in [3.63, 3.8) is 0 Å². The first-order chi connectivity index (χ1) is 7.62. The maximum Gasteiger partial charge on any atom is 0.227 e. The molecule has 0 aliphatic carbocycles. The first-order valence-electron chi connectivity index (χ1n) is 5.45. The van der Waals surface area contributed by atoms with E-state index in [2.05, 4.69) is 6.07 Å². The third-order valence-corrected chi connectivity index (χ3v) is 3.03. The van der Waals surface area contributed by atoms with E-state index in [0.717, 1.165) is 22.6 Å². The first-order valence-corrected chi connectivity index (χ1v) is 5.45. The van der Waals surface area contributed by atoms with Crippen molar-refractivity contribution in [1.29, 1.82) is 5.26 Å². The van der Waals surface area contributed by atoms with E-state index in [1.807, 2.05) is 32.9 Å². The molecule has 16 heavy (non-hydrogen) atoms. The lowest BCUT2D eigenvalue weighted by Gasteiger charge is -2.33. The van der Waals surface area contributed by atoms with Crippen LogP contribution in [0.1, 0.15) is 24.5 Å². The second-order valence-corrected chi connectivity index (χ2v) is 4.21. The van der Waals surface area contributed by atoms with Crippen LogP contribution >= 0.6 is 0 Å². The number of benzene rings is 1. The van der Waals surface area contributed by atoms with Crippen LogP contribution in [-0.4, -0.2) is 12.2 Å². The summed E-state index contributed by atoms with van der Waals surface area (Å²) in [5, 5.41) is 9.17. The van der Waals surface area contributed by atoms with Gasteiger partial charge in [0.15, 0.2) is 11.5 Å². The Hall–Kier alpha value is -1.69. The molecule has 2 rings (SSSR count). The van der Waals surface area contributed by atoms with Gasteiger partial charge in [-0.1, -0.05) is 19.1 Å². The highest BCUT2D eigenvalue weighted by molar-refractivity contribution is 5.52. The predicted molar refractivity (Wildman–Crippen MR) is 60.7 cm³/mol. The van der Waals surface area contributed by atoms with Crippen molar-refractivity contribution in [2.45, 2.75) is 32.8 Å². The minimum absolute atomic E-state index is 0.303. The zero-order chi connectivity index (χ0) is 11.8. The van der Waals surface area contributed by atoms with E-state index >= 15 is 0 Å². The number of nitriles is 1. The molecular weight excluding hydrogens is 202 g/mol. The van der Waals surface area contributed by atoms with Crippen LogP contribution in [0, 0.1) is 25.2 Å². The topological polar surface area (TPSA) is 42.2 Å². The molecule has 0 saturated carbocycles. The van der Waals surface area contributed by atoms with Crippen molar-refractivity contribution in [1.82, 2.24) is 0 Å². The van der Waals surface area contributed by atoms with Crippen LogP contribution in [0.5, 0.6) is 11.5 Å². The maximum atomic E-state index is 9.17. The number of nitrogens with zero attached hydrogens (tertiary/aromatic N) is 1. The largest absolute Gasteiger partial charge is 0.484 e. The first kappa shape index (κ1) is 10.8. The lowest BCUT2D eigenvalue weighted by molar-refractivity contribution is 0.0317. The van der Waals surface area contributed by atoms with E-state index in [1.165, 1.54) is 0 Å². The standard InChI is InChI=1S/C13H15NO2/c1-4-13(7-14)8-15-11-9(2)5-6-10(3)12(11)16-13/h5-6H,4,8H2,1-3H3. The summed E-state index contributed by atoms with van der Waals surface area (Å²) in [6.45, 7) is 6.18. The van der Waals surface area contributed by atoms with Gasteiger partial charge in [0.05, 0.1) is 0 Å². The average molecular weight is 217 g/mol. The Kier molecular flexibility index (Phi) is 2.51. The van der Waals surface area contributed by atoms with Gasteiger partial charge in [-0.05, 0) is 25.0 Å². The van der Waals surface area contributed by atoms with Gasteiger partial charge in [-0.15, -0.1) is 0 Å². The zero-order valence-electron chi connectivity index (χ0n) is 9.83. The smallest absolute Gasteiger partial charge is 0.227 e. The minimum atomic E-state index is -0.828. The molecule has 3 heteroatoms. The van der Waals surface area contributed by atoms with Crippen LogP contribution < -0.4 is 9.47 Å². The summed E-state index contributed by atoms with van der Waals surface area (Å²) in [6.07, 6.45) is 0.621. The molecule has 0 amide bonds. The van der Waals surface area contributed by atoms with E-state index in [9.17, 15) is 5.26 Å². The SMILES string of the molecule is CCC1(C#N)COc2c(C)ccc(C)c2O1. The molecule has 0 radical (unpaired) electrons. The lowest BCUT2D eigenvalue weighted by Crippen LogP contribution is -2.43. The normalized spacial score (nSPS) is 22.6. The van der Waals surface area contributed by atoms with E-state index in [-0.39, 0.29) is 0 Å². The number of hydrogen-bond donors (Lipinski definition) is 0. The van der Waals surface area contributed by atoms with Crippen molar-refractivity contribution >= 4 is 0 Å². The summed E-state index contributed by atoms with van der Waals surface area (Å²) >= 11 is 0. The van der Waals surface area contributed by atoms with Crippen LogP contribution in [0.2, 0.25) is 0 Å². The molecule has 1 aromatic rings. The Morgan fingerprint density at radius 2 is 1.94 bits per heavy atom. The second kappa shape index (κ2) is 3.71. The van der Waals surface area contributed by atoms with Crippen molar-refractivity contribution in [2.75, 3.05) is 6.61 Å². The Bertz CT molecular complexity index is 462. The van der Waals surface area contributed by atoms with Gasteiger partial charge in [0.2, 0.25) is 5.60 Å². The highest BCUT2D eigenvalue weighted by Crippen LogP contribution is 2.41. The number of rotatable bonds is 1. The number of fused-ring (bicyclic) bond motifs is 1. The molecule has 0 fully saturated rings. The molecular formula is C13H15NO2. The summed E-state index contributed by atoms with van der Waals surface area (Å²) in [5.74, 6) is 1.49. The van der Waals surface area contributed by atoms with Gasteiger partial charge in [-0.2, -0.15) is 5.26 Å². The van der Waals surface area contributed by atoms with Crippen molar-refractivity contribution in [2.24, 2.45) is 0 Å². The molecule has 1 aliphatic rings. The second-order valence-electron chi connectivity index (χ2n) is 4.21.